The first-order valence-corrected chi connectivity index (χ1v) is 34.3. The van der Waals surface area contributed by atoms with Crippen molar-refractivity contribution >= 4 is 53.8 Å². The molecule has 3 amide bonds. The fraction of sp³-hybridized carbons (Fsp3) is 0.394. The molecule has 5 N–H and O–H groups in total. The number of aryl methyl sites for hydroxylation is 1. The Morgan fingerprint density at radius 1 is 0.691 bits per heavy atom. The van der Waals surface area contributed by atoms with Gasteiger partial charge in [-0.25, -0.2) is 18.9 Å². The molecule has 1 aromatic heterocycles. The highest BCUT2D eigenvalue weighted by Gasteiger charge is 2.41. The number of hydrogen-bond donors (Lipinski definition) is 3. The predicted molar refractivity (Wildman–Crippen MR) is 365 cm³/mol. The van der Waals surface area contributed by atoms with Gasteiger partial charge in [0, 0.05) is 98.6 Å². The molecule has 9 rings (SSSR count). The Morgan fingerprint density at radius 3 is 1.99 bits per heavy atom. The van der Waals surface area contributed by atoms with Crippen molar-refractivity contribution in [3.8, 4) is 33.9 Å². The smallest absolute Gasteiger partial charge is 0.453 e. The molecule has 0 radical (unpaired) electrons. The molecule has 3 heterocycles. The van der Waals surface area contributed by atoms with Crippen LogP contribution in [0.1, 0.15) is 87.8 Å². The number of ether oxygens (including phenoxy) is 4. The summed E-state index contributed by atoms with van der Waals surface area (Å²) in [7, 11) is -4.21. The minimum atomic E-state index is -4.21. The molecule has 3 aliphatic rings. The number of para-hydroxylation sites is 2. The third kappa shape index (κ3) is 19.5. The Labute approximate surface area is 550 Å². The van der Waals surface area contributed by atoms with Crippen LogP contribution in [0.15, 0.2) is 161 Å². The highest BCUT2D eigenvalue weighted by molar-refractivity contribution is 7.55. The molecule has 5 aromatic carbocycles. The molecular formula is C71H89N11O11P+. The van der Waals surface area contributed by atoms with Gasteiger partial charge in [0.15, 0.2) is 11.7 Å². The number of nitrogens with one attached hydrogen (secondary N) is 1. The molecule has 1 saturated heterocycles. The van der Waals surface area contributed by atoms with Crippen LogP contribution in [0.4, 0.5) is 16.2 Å². The van der Waals surface area contributed by atoms with Crippen molar-refractivity contribution in [3.63, 3.8) is 0 Å². The number of anilines is 1. The lowest BCUT2D eigenvalue weighted by Gasteiger charge is -2.35. The van der Waals surface area contributed by atoms with Gasteiger partial charge in [-0.05, 0) is 112 Å². The van der Waals surface area contributed by atoms with E-state index in [1.807, 2.05) is 44.9 Å². The van der Waals surface area contributed by atoms with E-state index in [2.05, 4.69) is 94.2 Å². The summed E-state index contributed by atoms with van der Waals surface area (Å²) < 4.78 is 60.3. The minimum absolute atomic E-state index is 0.0383. The number of guanidine groups is 1. The average Bonchev–Trinajstić information content (AvgIpc) is 0.803. The highest BCUT2D eigenvalue weighted by Crippen LogP contribution is 2.53. The molecule has 0 saturated carbocycles. The second-order valence-corrected chi connectivity index (χ2v) is 24.8. The molecule has 1 unspecified atom stereocenters. The van der Waals surface area contributed by atoms with Crippen molar-refractivity contribution in [1.29, 1.82) is 0 Å². The van der Waals surface area contributed by atoms with Crippen LogP contribution in [0, 0.1) is 0 Å². The summed E-state index contributed by atoms with van der Waals surface area (Å²) in [5, 5.41) is 13.3. The first-order chi connectivity index (χ1) is 45.8. The van der Waals surface area contributed by atoms with E-state index < -0.39 is 19.5 Å². The molecule has 22 nitrogen and oxygen atoms in total. The van der Waals surface area contributed by atoms with E-state index in [-0.39, 0.29) is 55.5 Å². The number of benzene rings is 6. The third-order valence-corrected chi connectivity index (χ3v) is 18.4. The molecule has 1 atom stereocenters. The van der Waals surface area contributed by atoms with E-state index in [9.17, 15) is 18.9 Å². The van der Waals surface area contributed by atoms with Crippen molar-refractivity contribution in [1.82, 2.24) is 34.7 Å². The molecule has 0 bridgehead atoms. The van der Waals surface area contributed by atoms with Gasteiger partial charge in [-0.15, -0.1) is 5.10 Å². The zero-order valence-electron chi connectivity index (χ0n) is 54.4. The summed E-state index contributed by atoms with van der Waals surface area (Å²) in [5.74, 6) is 0.154. The number of unbranched alkanes of at least 4 members (excludes halogenated alkanes) is 4. The summed E-state index contributed by atoms with van der Waals surface area (Å²) in [4.78, 5) is 51.4. The molecule has 1 aliphatic carbocycles. The Morgan fingerprint density at radius 2 is 1.32 bits per heavy atom. The normalized spacial score (nSPS) is 12.8. The van der Waals surface area contributed by atoms with E-state index in [0.29, 0.717) is 75.8 Å². The number of nitrogens with zero attached hydrogens (tertiary/aromatic N) is 8. The van der Waals surface area contributed by atoms with Gasteiger partial charge in [0.25, 0.3) is 5.91 Å². The quantitative estimate of drug-likeness (QED) is 0.00833. The molecular weight excluding hydrogens is 1210 g/mol. The number of alkyl carbamates (subject to hydrolysis) is 1. The van der Waals surface area contributed by atoms with Gasteiger partial charge < -0.3 is 63.9 Å². The number of carbonyl (C=O) groups is 3. The maximum atomic E-state index is 14.8. The third-order valence-electron chi connectivity index (χ3n) is 16.4. The molecule has 6 aromatic rings. The molecule has 23 heteroatoms. The van der Waals surface area contributed by atoms with Crippen LogP contribution in [0.3, 0.4) is 0 Å². The second-order valence-electron chi connectivity index (χ2n) is 22.7. The number of amides is 3. The van der Waals surface area contributed by atoms with Gasteiger partial charge in [-0.1, -0.05) is 91.2 Å². The van der Waals surface area contributed by atoms with Crippen LogP contribution >= 0.6 is 7.60 Å². The van der Waals surface area contributed by atoms with E-state index in [4.69, 9.17) is 43.9 Å². The molecule has 0 spiro atoms. The topological polar surface area (TPSA) is 257 Å². The van der Waals surface area contributed by atoms with Gasteiger partial charge in [0.05, 0.1) is 57.6 Å². The van der Waals surface area contributed by atoms with Crippen molar-refractivity contribution < 1.29 is 51.4 Å². The van der Waals surface area contributed by atoms with Gasteiger partial charge in [-0.2, -0.15) is 0 Å². The summed E-state index contributed by atoms with van der Waals surface area (Å²) >= 11 is 0. The summed E-state index contributed by atoms with van der Waals surface area (Å²) in [5.41, 5.74) is 18.3. The second kappa shape index (κ2) is 35.3. The van der Waals surface area contributed by atoms with Crippen LogP contribution in [0.2, 0.25) is 0 Å². The zero-order chi connectivity index (χ0) is 66.1. The monoisotopic (exact) mass is 1300 g/mol. The number of carbonyl (C=O) groups excluding carboxylic acids is 3. The van der Waals surface area contributed by atoms with Crippen LogP contribution in [0.5, 0.6) is 11.5 Å². The fourth-order valence-electron chi connectivity index (χ4n) is 11.4. The SMILES string of the molecule is CCN(CC)c1ccc2c(-c3ccccc3C(=O)N3CCN(C(=O)CCCCCCCn4cc(COCCOCCOCCOC(=O)NC(Cc5ccc(N=C(N)N)cc5)P(=O)(Oc5ccccc5)Oc5ccccc5)nn4)CC3)c3ccc(=[N+](CC)CC)cc-3oc2c1. The number of piperazine rings is 1. The molecule has 1 fully saturated rings. The van der Waals surface area contributed by atoms with E-state index in [1.165, 1.54) is 0 Å². The number of aromatic nitrogens is 3. The fourth-order valence-corrected chi connectivity index (χ4v) is 13.2. The van der Waals surface area contributed by atoms with Gasteiger partial charge in [0.2, 0.25) is 11.3 Å². The van der Waals surface area contributed by atoms with Crippen molar-refractivity contribution in [2.24, 2.45) is 16.5 Å². The van der Waals surface area contributed by atoms with E-state index in [0.717, 1.165) is 115 Å². The average molecular weight is 1300 g/mol. The van der Waals surface area contributed by atoms with Crippen LogP contribution in [-0.2, 0) is 47.9 Å². The summed E-state index contributed by atoms with van der Waals surface area (Å²) in [6, 6.07) is 44.7. The van der Waals surface area contributed by atoms with Crippen molar-refractivity contribution in [2.45, 2.75) is 91.6 Å². The Balaban J connectivity index is 0.636. The van der Waals surface area contributed by atoms with Crippen molar-refractivity contribution in [2.75, 3.05) is 96.9 Å². The Bertz CT molecular complexity index is 3780. The number of fused-ring (bicyclic) bond motifs is 2. The first-order valence-electron chi connectivity index (χ1n) is 32.7. The lowest BCUT2D eigenvalue weighted by Crippen LogP contribution is -2.50. The maximum Gasteiger partial charge on any atom is 0.453 e. The van der Waals surface area contributed by atoms with E-state index >= 15 is 0 Å². The lowest BCUT2D eigenvalue weighted by atomic mass is 9.90. The van der Waals surface area contributed by atoms with Gasteiger partial charge in [0.1, 0.15) is 48.2 Å². The first kappa shape index (κ1) is 69.3. The highest BCUT2D eigenvalue weighted by atomic mass is 31.2. The Kier molecular flexibility index (Phi) is 26.0. The largest absolute Gasteiger partial charge is 0.456 e. The maximum absolute atomic E-state index is 14.8. The number of hydrogen-bond acceptors (Lipinski definition) is 15. The van der Waals surface area contributed by atoms with Gasteiger partial charge >= 0.3 is 13.7 Å². The minimum Gasteiger partial charge on any atom is -0.456 e. The predicted octanol–water partition coefficient (Wildman–Crippen LogP) is 10.9. The lowest BCUT2D eigenvalue weighted by molar-refractivity contribution is -0.132. The molecule has 498 valence electrons. The Hall–Kier alpha value is -9.08. The number of nitrogens with two attached hydrogens (primary N) is 2. The zero-order valence-corrected chi connectivity index (χ0v) is 55.3. The van der Waals surface area contributed by atoms with Crippen molar-refractivity contribution in [3.05, 3.63) is 174 Å². The standard InChI is InChI=1S/C71H88N11O11P/c1-5-78(6-2)56-33-35-62-64(49-56)91-65-50-57(79(7-3)8-4)34-36-63(65)68(62)60-26-19-20-27-61(60)69(84)81-40-38-80(39-41-81)67(83)28-18-10-9-11-21-37-82-51-55(76-77-82)52-89-45-44-87-42-43-88-46-47-90-71(85)75-66(48-53-29-31-54(32-30-53)74-70(72)73)94(86,92-58-22-14-12-15-23-58)93-59-24-16-13-17-25-59/h12-17,19-20,22-27,29-36,49-51,66H,5-11,18,21,28,37-48,52H2,1-4H3,(H4-,72,73,74,75,85)/p+1. The van der Waals surface area contributed by atoms with Crippen LogP contribution < -0.4 is 40.7 Å². The number of aliphatic imine (C=N–C) groups is 1. The summed E-state index contributed by atoms with van der Waals surface area (Å²) in [6.07, 6.45) is 6.30. The molecule has 94 heavy (non-hydrogen) atoms. The summed E-state index contributed by atoms with van der Waals surface area (Å²) in [6.45, 7) is 16.3. The van der Waals surface area contributed by atoms with Gasteiger partial charge in [-0.3, -0.25) is 14.3 Å². The van der Waals surface area contributed by atoms with E-state index in [1.54, 1.807) is 84.9 Å². The molecule has 2 aliphatic heterocycles. The number of rotatable bonds is 35. The van der Waals surface area contributed by atoms with Crippen LogP contribution in [-0.4, -0.2) is 146 Å². The van der Waals surface area contributed by atoms with Crippen LogP contribution in [0.25, 0.3) is 33.4 Å².